The summed E-state index contributed by atoms with van der Waals surface area (Å²) in [5, 5.41) is 6.19. The van der Waals surface area contributed by atoms with Crippen molar-refractivity contribution in [3.05, 3.63) is 77.7 Å². The molecule has 0 bridgehead atoms. The molecule has 0 fully saturated rings. The molecule has 5 heteroatoms. The number of amides is 1. The second-order valence-corrected chi connectivity index (χ2v) is 6.62. The first kappa shape index (κ1) is 18.6. The summed E-state index contributed by atoms with van der Waals surface area (Å²) in [6.07, 6.45) is 3.92. The number of carbonyl (C=O) groups is 1. The minimum absolute atomic E-state index is 0.266. The smallest absolute Gasteiger partial charge is 0.275 e. The molecule has 2 N–H and O–H groups in total. The predicted molar refractivity (Wildman–Crippen MR) is 110 cm³/mol. The Balaban J connectivity index is 1.73. The first-order valence-electron chi connectivity index (χ1n) is 9.15. The van der Waals surface area contributed by atoms with Gasteiger partial charge in [-0.2, -0.15) is 0 Å². The van der Waals surface area contributed by atoms with Crippen LogP contribution in [0.15, 0.2) is 60.9 Å². The van der Waals surface area contributed by atoms with Gasteiger partial charge in [0.1, 0.15) is 11.5 Å². The van der Waals surface area contributed by atoms with E-state index in [1.807, 2.05) is 42.5 Å². The second-order valence-electron chi connectivity index (χ2n) is 6.62. The van der Waals surface area contributed by atoms with Crippen molar-refractivity contribution in [2.75, 3.05) is 10.6 Å². The van der Waals surface area contributed by atoms with Crippen LogP contribution in [0.25, 0.3) is 0 Å². The molecule has 3 rings (SSSR count). The van der Waals surface area contributed by atoms with Crippen LogP contribution in [0.5, 0.6) is 0 Å². The van der Waals surface area contributed by atoms with E-state index in [2.05, 4.69) is 47.4 Å². The first-order valence-corrected chi connectivity index (χ1v) is 9.15. The van der Waals surface area contributed by atoms with Gasteiger partial charge in [0.15, 0.2) is 0 Å². The molecule has 27 heavy (non-hydrogen) atoms. The van der Waals surface area contributed by atoms with Crippen molar-refractivity contribution in [1.82, 2.24) is 9.97 Å². The van der Waals surface area contributed by atoms with E-state index in [0.29, 0.717) is 11.7 Å². The van der Waals surface area contributed by atoms with E-state index in [9.17, 15) is 4.79 Å². The van der Waals surface area contributed by atoms with Crippen LogP contribution in [0.2, 0.25) is 0 Å². The van der Waals surface area contributed by atoms with Gasteiger partial charge in [-0.25, -0.2) is 9.97 Å². The highest BCUT2D eigenvalue weighted by atomic mass is 16.1. The zero-order chi connectivity index (χ0) is 19.2. The Morgan fingerprint density at radius 2 is 1.67 bits per heavy atom. The lowest BCUT2D eigenvalue weighted by Gasteiger charge is -2.14. The Bertz CT molecular complexity index is 920. The Hall–Kier alpha value is -3.21. The van der Waals surface area contributed by atoms with Crippen molar-refractivity contribution >= 4 is 23.1 Å². The van der Waals surface area contributed by atoms with Crippen LogP contribution in [0.1, 0.15) is 48.3 Å². The van der Waals surface area contributed by atoms with E-state index >= 15 is 0 Å². The fourth-order valence-corrected chi connectivity index (χ4v) is 2.90. The molecular formula is C22H24N4O. The van der Waals surface area contributed by atoms with Crippen molar-refractivity contribution in [3.63, 3.8) is 0 Å². The maximum atomic E-state index is 12.5. The molecule has 0 aliphatic rings. The van der Waals surface area contributed by atoms with Gasteiger partial charge < -0.3 is 10.6 Å². The summed E-state index contributed by atoms with van der Waals surface area (Å²) in [6, 6.07) is 15.9. The number of anilines is 3. The number of hydrogen-bond acceptors (Lipinski definition) is 4. The van der Waals surface area contributed by atoms with E-state index < -0.39 is 0 Å². The molecule has 0 saturated heterocycles. The molecule has 0 saturated carbocycles. The molecule has 0 aliphatic heterocycles. The Morgan fingerprint density at radius 1 is 0.963 bits per heavy atom. The maximum absolute atomic E-state index is 12.5. The molecule has 1 aromatic heterocycles. The lowest BCUT2D eigenvalue weighted by molar-refractivity contribution is 0.102. The van der Waals surface area contributed by atoms with E-state index in [0.717, 1.165) is 23.4 Å². The monoisotopic (exact) mass is 360 g/mol. The number of nitrogens with one attached hydrogen (secondary N) is 2. The number of para-hydroxylation sites is 2. The lowest BCUT2D eigenvalue weighted by atomic mass is 10.0. The number of aryl methyl sites for hydroxylation is 1. The predicted octanol–water partition coefficient (Wildman–Crippen LogP) is 5.16. The summed E-state index contributed by atoms with van der Waals surface area (Å²) in [4.78, 5) is 21.1. The molecule has 0 aliphatic carbocycles. The summed E-state index contributed by atoms with van der Waals surface area (Å²) >= 11 is 0. The molecule has 138 valence electrons. The van der Waals surface area contributed by atoms with Crippen LogP contribution in [-0.4, -0.2) is 15.9 Å². The molecule has 0 unspecified atom stereocenters. The topological polar surface area (TPSA) is 66.9 Å². The van der Waals surface area contributed by atoms with Crippen LogP contribution in [-0.2, 0) is 6.42 Å². The van der Waals surface area contributed by atoms with Gasteiger partial charge in [-0.05, 0) is 35.6 Å². The SMILES string of the molecule is CCc1ccccc1NC(=O)c1cnc(Nc2ccccc2C(C)C)cn1. The quantitative estimate of drug-likeness (QED) is 0.637. The zero-order valence-corrected chi connectivity index (χ0v) is 15.9. The number of nitrogens with zero attached hydrogens (tertiary/aromatic N) is 2. The third-order valence-electron chi connectivity index (χ3n) is 4.38. The molecule has 1 heterocycles. The van der Waals surface area contributed by atoms with Crippen LogP contribution in [0, 0.1) is 0 Å². The van der Waals surface area contributed by atoms with Crippen LogP contribution < -0.4 is 10.6 Å². The highest BCUT2D eigenvalue weighted by Crippen LogP contribution is 2.26. The third kappa shape index (κ3) is 4.50. The lowest BCUT2D eigenvalue weighted by Crippen LogP contribution is -2.15. The number of carbonyl (C=O) groups excluding carboxylic acids is 1. The van der Waals surface area contributed by atoms with Gasteiger partial charge >= 0.3 is 0 Å². The normalized spacial score (nSPS) is 10.7. The first-order chi connectivity index (χ1) is 13.1. The van der Waals surface area contributed by atoms with Gasteiger partial charge in [0.05, 0.1) is 12.4 Å². The van der Waals surface area contributed by atoms with Gasteiger partial charge in [0.2, 0.25) is 0 Å². The zero-order valence-electron chi connectivity index (χ0n) is 15.9. The summed E-state index contributed by atoms with van der Waals surface area (Å²) < 4.78 is 0. The van der Waals surface area contributed by atoms with Crippen molar-refractivity contribution < 1.29 is 4.79 Å². The number of rotatable bonds is 6. The molecule has 0 spiro atoms. The minimum atomic E-state index is -0.266. The standard InChI is InChI=1S/C22H24N4O/c1-4-16-9-5-7-11-18(16)26-22(27)20-13-24-21(14-23-20)25-19-12-8-6-10-17(19)15(2)3/h5-15H,4H2,1-3H3,(H,24,25)(H,26,27). The van der Waals surface area contributed by atoms with Gasteiger partial charge in [0, 0.05) is 11.4 Å². The van der Waals surface area contributed by atoms with Gasteiger partial charge in [-0.1, -0.05) is 57.2 Å². The molecule has 2 aromatic carbocycles. The van der Waals surface area contributed by atoms with E-state index in [1.54, 1.807) is 6.20 Å². The fourth-order valence-electron chi connectivity index (χ4n) is 2.90. The minimum Gasteiger partial charge on any atom is -0.339 e. The van der Waals surface area contributed by atoms with E-state index in [1.165, 1.54) is 11.8 Å². The highest BCUT2D eigenvalue weighted by Gasteiger charge is 2.11. The van der Waals surface area contributed by atoms with Crippen molar-refractivity contribution in [2.45, 2.75) is 33.1 Å². The van der Waals surface area contributed by atoms with Gasteiger partial charge in [0.25, 0.3) is 5.91 Å². The summed E-state index contributed by atoms with van der Waals surface area (Å²) in [7, 11) is 0. The Kier molecular flexibility index (Phi) is 5.81. The second kappa shape index (κ2) is 8.45. The highest BCUT2D eigenvalue weighted by molar-refractivity contribution is 6.03. The maximum Gasteiger partial charge on any atom is 0.275 e. The number of hydrogen-bond donors (Lipinski definition) is 2. The van der Waals surface area contributed by atoms with E-state index in [4.69, 9.17) is 0 Å². The van der Waals surface area contributed by atoms with Gasteiger partial charge in [-0.3, -0.25) is 4.79 Å². The van der Waals surface area contributed by atoms with Crippen LogP contribution in [0.4, 0.5) is 17.2 Å². The fraction of sp³-hybridized carbons (Fsp3) is 0.227. The summed E-state index contributed by atoms with van der Waals surface area (Å²) in [5.41, 5.74) is 4.37. The number of aromatic nitrogens is 2. The summed E-state index contributed by atoms with van der Waals surface area (Å²) in [6.45, 7) is 6.35. The molecular weight excluding hydrogens is 336 g/mol. The van der Waals surface area contributed by atoms with Crippen molar-refractivity contribution in [1.29, 1.82) is 0 Å². The van der Waals surface area contributed by atoms with Crippen molar-refractivity contribution in [2.24, 2.45) is 0 Å². The van der Waals surface area contributed by atoms with Crippen LogP contribution in [0.3, 0.4) is 0 Å². The largest absolute Gasteiger partial charge is 0.339 e. The molecule has 5 nitrogen and oxygen atoms in total. The van der Waals surface area contributed by atoms with Gasteiger partial charge in [-0.15, -0.1) is 0 Å². The number of benzene rings is 2. The third-order valence-corrected chi connectivity index (χ3v) is 4.38. The van der Waals surface area contributed by atoms with E-state index in [-0.39, 0.29) is 11.6 Å². The average Bonchev–Trinajstić information content (AvgIpc) is 2.69. The molecule has 1 amide bonds. The van der Waals surface area contributed by atoms with Crippen LogP contribution >= 0.6 is 0 Å². The average molecular weight is 360 g/mol. The molecule has 0 radical (unpaired) electrons. The Labute approximate surface area is 159 Å². The molecule has 3 aromatic rings. The Morgan fingerprint density at radius 3 is 2.33 bits per heavy atom. The van der Waals surface area contributed by atoms with Crippen molar-refractivity contribution in [3.8, 4) is 0 Å². The summed E-state index contributed by atoms with van der Waals surface area (Å²) in [5.74, 6) is 0.733. The molecule has 0 atom stereocenters.